The van der Waals surface area contributed by atoms with E-state index in [1.54, 1.807) is 0 Å². The van der Waals surface area contributed by atoms with Gasteiger partial charge in [-0.1, -0.05) is 24.3 Å². The molecule has 1 aromatic rings. The summed E-state index contributed by atoms with van der Waals surface area (Å²) in [6, 6.07) is 7.99. The van der Waals surface area contributed by atoms with Crippen molar-refractivity contribution in [2.75, 3.05) is 18.1 Å². The van der Waals surface area contributed by atoms with E-state index in [0.29, 0.717) is 5.92 Å². The second-order valence-corrected chi connectivity index (χ2v) is 5.36. The maximum absolute atomic E-state index is 11.4. The summed E-state index contributed by atoms with van der Waals surface area (Å²) in [5.41, 5.74) is 7.43. The van der Waals surface area contributed by atoms with Crippen LogP contribution in [0.4, 0.5) is 0 Å². The van der Waals surface area contributed by atoms with Crippen molar-refractivity contribution in [3.8, 4) is 0 Å². The van der Waals surface area contributed by atoms with Crippen molar-refractivity contribution in [2.24, 2.45) is 5.73 Å². The van der Waals surface area contributed by atoms with Crippen molar-refractivity contribution >= 4 is 17.5 Å². The topological polar surface area (TPSA) is 43.1 Å². The molecule has 0 bridgehead atoms. The van der Waals surface area contributed by atoms with E-state index in [2.05, 4.69) is 12.1 Å². The lowest BCUT2D eigenvalue weighted by Crippen LogP contribution is -2.14. The molecule has 0 aliphatic carbocycles. The average molecular weight is 235 g/mol. The third-order valence-corrected chi connectivity index (χ3v) is 4.16. The van der Waals surface area contributed by atoms with E-state index in [4.69, 9.17) is 5.73 Å². The molecule has 16 heavy (non-hydrogen) atoms. The zero-order valence-electron chi connectivity index (χ0n) is 9.32. The summed E-state index contributed by atoms with van der Waals surface area (Å²) in [6.07, 6.45) is 2.52. The van der Waals surface area contributed by atoms with Gasteiger partial charge in [0.2, 0.25) is 0 Å². The Kier molecular flexibility index (Phi) is 4.02. The molecule has 86 valence electrons. The predicted molar refractivity (Wildman–Crippen MR) is 69.1 cm³/mol. The van der Waals surface area contributed by atoms with Crippen LogP contribution in [-0.2, 0) is 0 Å². The van der Waals surface area contributed by atoms with Gasteiger partial charge < -0.3 is 5.73 Å². The second-order valence-electron chi connectivity index (χ2n) is 4.14. The van der Waals surface area contributed by atoms with Crippen molar-refractivity contribution in [1.82, 2.24) is 0 Å². The summed E-state index contributed by atoms with van der Waals surface area (Å²) in [6.45, 7) is 0.0966. The van der Waals surface area contributed by atoms with Crippen LogP contribution in [0.25, 0.3) is 0 Å². The van der Waals surface area contributed by atoms with E-state index in [-0.39, 0.29) is 12.3 Å². The zero-order valence-corrected chi connectivity index (χ0v) is 10.1. The van der Waals surface area contributed by atoms with Gasteiger partial charge in [-0.25, -0.2) is 0 Å². The number of rotatable bonds is 3. The minimum Gasteiger partial charge on any atom is -0.324 e. The summed E-state index contributed by atoms with van der Waals surface area (Å²) in [4.78, 5) is 11.4. The average Bonchev–Trinajstić information content (AvgIpc) is 2.39. The molecule has 2 N–H and O–H groups in total. The fourth-order valence-electron chi connectivity index (χ4n) is 2.09. The molecule has 0 amide bonds. The van der Waals surface area contributed by atoms with Crippen LogP contribution in [0.3, 0.4) is 0 Å². The van der Waals surface area contributed by atoms with Crippen molar-refractivity contribution in [3.05, 3.63) is 35.4 Å². The Balaban J connectivity index is 2.09. The van der Waals surface area contributed by atoms with Gasteiger partial charge in [-0.15, -0.1) is 0 Å². The van der Waals surface area contributed by atoms with Crippen LogP contribution in [-0.4, -0.2) is 23.8 Å². The van der Waals surface area contributed by atoms with Gasteiger partial charge in [-0.2, -0.15) is 11.8 Å². The Labute approximate surface area is 101 Å². The SMILES string of the molecule is NCC(=O)c1ccc(C2CCSCC2)cc1. The lowest BCUT2D eigenvalue weighted by Gasteiger charge is -2.21. The number of carbonyl (C=O) groups excluding carboxylic acids is 1. The molecule has 1 aliphatic heterocycles. The van der Waals surface area contributed by atoms with Gasteiger partial charge >= 0.3 is 0 Å². The third-order valence-electron chi connectivity index (χ3n) is 3.11. The second kappa shape index (κ2) is 5.51. The molecule has 3 heteroatoms. The Hall–Kier alpha value is -0.800. The predicted octanol–water partition coefficient (Wildman–Crippen LogP) is 2.44. The van der Waals surface area contributed by atoms with Crippen LogP contribution >= 0.6 is 11.8 Å². The summed E-state index contributed by atoms with van der Waals surface area (Å²) >= 11 is 2.03. The number of Topliss-reactive ketones (excluding diaryl/α,β-unsaturated/α-hetero) is 1. The molecule has 1 heterocycles. The quantitative estimate of drug-likeness (QED) is 0.818. The normalized spacial score (nSPS) is 17.3. The first-order valence-corrected chi connectivity index (χ1v) is 6.87. The highest BCUT2D eigenvalue weighted by Gasteiger charge is 2.15. The van der Waals surface area contributed by atoms with Crippen LogP contribution < -0.4 is 5.73 Å². The fourth-order valence-corrected chi connectivity index (χ4v) is 3.20. The molecule has 1 aliphatic rings. The van der Waals surface area contributed by atoms with Crippen molar-refractivity contribution < 1.29 is 4.79 Å². The van der Waals surface area contributed by atoms with Crippen molar-refractivity contribution in [1.29, 1.82) is 0 Å². The smallest absolute Gasteiger partial charge is 0.176 e. The molecular weight excluding hydrogens is 218 g/mol. The van der Waals surface area contributed by atoms with Crippen LogP contribution in [0.5, 0.6) is 0 Å². The first-order chi connectivity index (χ1) is 7.81. The van der Waals surface area contributed by atoms with Crippen LogP contribution in [0, 0.1) is 0 Å². The molecule has 1 fully saturated rings. The number of hydrogen-bond acceptors (Lipinski definition) is 3. The van der Waals surface area contributed by atoms with Crippen LogP contribution in [0.15, 0.2) is 24.3 Å². The van der Waals surface area contributed by atoms with Crippen LogP contribution in [0.1, 0.15) is 34.7 Å². The zero-order chi connectivity index (χ0) is 11.4. The molecule has 2 nitrogen and oxygen atoms in total. The number of benzene rings is 1. The van der Waals surface area contributed by atoms with Gasteiger partial charge in [0.1, 0.15) is 0 Å². The van der Waals surface area contributed by atoms with Crippen molar-refractivity contribution in [2.45, 2.75) is 18.8 Å². The van der Waals surface area contributed by atoms with Gasteiger partial charge in [0.25, 0.3) is 0 Å². The molecule has 1 saturated heterocycles. The van der Waals surface area contributed by atoms with Gasteiger partial charge in [0.15, 0.2) is 5.78 Å². The van der Waals surface area contributed by atoms with Gasteiger partial charge in [-0.05, 0) is 35.8 Å². The summed E-state index contributed by atoms with van der Waals surface area (Å²) in [5, 5.41) is 0. The third kappa shape index (κ3) is 2.66. The first-order valence-electron chi connectivity index (χ1n) is 5.72. The molecule has 0 radical (unpaired) electrons. The fraction of sp³-hybridized carbons (Fsp3) is 0.462. The standard InChI is InChI=1S/C13H17NOS/c14-9-13(15)12-3-1-10(2-4-12)11-5-7-16-8-6-11/h1-4,11H,5-9,14H2. The maximum atomic E-state index is 11.4. The lowest BCUT2D eigenvalue weighted by molar-refractivity contribution is 0.100. The van der Waals surface area contributed by atoms with Crippen LogP contribution in [0.2, 0.25) is 0 Å². The number of thioether (sulfide) groups is 1. The number of hydrogen-bond donors (Lipinski definition) is 1. The Morgan fingerprint density at radius 1 is 1.25 bits per heavy atom. The Morgan fingerprint density at radius 2 is 1.88 bits per heavy atom. The Morgan fingerprint density at radius 3 is 2.44 bits per heavy atom. The van der Waals surface area contributed by atoms with Crippen molar-refractivity contribution in [3.63, 3.8) is 0 Å². The molecular formula is C13H17NOS. The monoisotopic (exact) mass is 235 g/mol. The molecule has 0 saturated carbocycles. The number of nitrogens with two attached hydrogens (primary N) is 1. The lowest BCUT2D eigenvalue weighted by atomic mass is 9.92. The Bertz CT molecular complexity index is 355. The highest BCUT2D eigenvalue weighted by Crippen LogP contribution is 2.31. The number of ketones is 1. The highest BCUT2D eigenvalue weighted by atomic mass is 32.2. The van der Waals surface area contributed by atoms with Gasteiger partial charge in [0.05, 0.1) is 6.54 Å². The first kappa shape index (κ1) is 11.7. The summed E-state index contributed by atoms with van der Waals surface area (Å²) in [5.74, 6) is 3.22. The van der Waals surface area contributed by atoms with E-state index < -0.39 is 0 Å². The van der Waals surface area contributed by atoms with E-state index in [1.807, 2.05) is 23.9 Å². The van der Waals surface area contributed by atoms with Gasteiger partial charge in [0, 0.05) is 5.56 Å². The molecule has 0 unspecified atom stereocenters. The van der Waals surface area contributed by atoms with E-state index in [0.717, 1.165) is 5.56 Å². The molecule has 0 spiro atoms. The highest BCUT2D eigenvalue weighted by molar-refractivity contribution is 7.99. The molecule has 0 aromatic heterocycles. The largest absolute Gasteiger partial charge is 0.324 e. The van der Waals surface area contributed by atoms with E-state index in [9.17, 15) is 4.79 Å². The molecule has 1 aromatic carbocycles. The number of carbonyl (C=O) groups is 1. The molecule has 0 atom stereocenters. The maximum Gasteiger partial charge on any atom is 0.176 e. The minimum absolute atomic E-state index is 0.0192. The minimum atomic E-state index is 0.0192. The van der Waals surface area contributed by atoms with Gasteiger partial charge in [-0.3, -0.25) is 4.79 Å². The molecule has 2 rings (SSSR count). The summed E-state index contributed by atoms with van der Waals surface area (Å²) < 4.78 is 0. The van der Waals surface area contributed by atoms with E-state index >= 15 is 0 Å². The van der Waals surface area contributed by atoms with E-state index in [1.165, 1.54) is 29.9 Å². The summed E-state index contributed by atoms with van der Waals surface area (Å²) in [7, 11) is 0.